The van der Waals surface area contributed by atoms with E-state index in [1.54, 1.807) is 4.90 Å². The van der Waals surface area contributed by atoms with E-state index in [9.17, 15) is 9.59 Å². The van der Waals surface area contributed by atoms with Crippen molar-refractivity contribution in [2.45, 2.75) is 38.3 Å². The molecule has 2 rings (SSSR count). The second-order valence-electron chi connectivity index (χ2n) is 5.14. The summed E-state index contributed by atoms with van der Waals surface area (Å²) in [6.45, 7) is 4.93. The molecule has 0 radical (unpaired) electrons. The third kappa shape index (κ3) is 2.93. The number of rotatable bonds is 2. The number of piperazine rings is 1. The zero-order valence-corrected chi connectivity index (χ0v) is 10.8. The molecular weight excluding hydrogens is 234 g/mol. The van der Waals surface area contributed by atoms with E-state index < -0.39 is 12.0 Å². The number of hydrogen-bond donors (Lipinski definition) is 2. The number of amides is 2. The first-order valence-electron chi connectivity index (χ1n) is 6.60. The van der Waals surface area contributed by atoms with Crippen LogP contribution in [0.25, 0.3) is 0 Å². The zero-order valence-electron chi connectivity index (χ0n) is 10.8. The summed E-state index contributed by atoms with van der Waals surface area (Å²) in [5.74, 6) is -1.00. The summed E-state index contributed by atoms with van der Waals surface area (Å²) in [6.07, 6.45) is 3.61. The Kier molecular flexibility index (Phi) is 4.06. The first-order valence-corrected chi connectivity index (χ1v) is 6.60. The van der Waals surface area contributed by atoms with Gasteiger partial charge in [0.25, 0.3) is 0 Å². The van der Waals surface area contributed by atoms with E-state index in [0.717, 1.165) is 26.1 Å². The average Bonchev–Trinajstić information content (AvgIpc) is 2.37. The highest BCUT2D eigenvalue weighted by molar-refractivity contribution is 5.82. The van der Waals surface area contributed by atoms with Crippen molar-refractivity contribution in [3.63, 3.8) is 0 Å². The van der Waals surface area contributed by atoms with Gasteiger partial charge >= 0.3 is 12.0 Å². The van der Waals surface area contributed by atoms with E-state index >= 15 is 0 Å². The fraction of sp³-hybridized carbons (Fsp3) is 0.833. The smallest absolute Gasteiger partial charge is 0.325 e. The van der Waals surface area contributed by atoms with E-state index in [1.807, 2.05) is 0 Å². The number of nitrogens with one attached hydrogen (secondary N) is 1. The minimum Gasteiger partial charge on any atom is -0.480 e. The van der Waals surface area contributed by atoms with Crippen molar-refractivity contribution in [1.29, 1.82) is 0 Å². The molecular formula is C12H21N3O3. The van der Waals surface area contributed by atoms with Gasteiger partial charge in [-0.3, -0.25) is 9.69 Å². The molecule has 6 nitrogen and oxygen atoms in total. The molecule has 6 heteroatoms. The molecule has 0 aromatic heterocycles. The van der Waals surface area contributed by atoms with Gasteiger partial charge in [-0.2, -0.15) is 0 Å². The Bertz CT molecular complexity index is 335. The van der Waals surface area contributed by atoms with E-state index in [2.05, 4.69) is 10.2 Å². The minimum atomic E-state index is -1.00. The van der Waals surface area contributed by atoms with Crippen molar-refractivity contribution < 1.29 is 14.7 Å². The molecule has 0 aromatic rings. The van der Waals surface area contributed by atoms with Crippen molar-refractivity contribution in [2.24, 2.45) is 0 Å². The van der Waals surface area contributed by atoms with E-state index in [-0.39, 0.29) is 6.03 Å². The number of hydrogen-bond acceptors (Lipinski definition) is 3. The van der Waals surface area contributed by atoms with Crippen LogP contribution < -0.4 is 5.32 Å². The molecule has 2 unspecified atom stereocenters. The Labute approximate surface area is 107 Å². The van der Waals surface area contributed by atoms with Gasteiger partial charge in [0.1, 0.15) is 6.04 Å². The number of carbonyl (C=O) groups excluding carboxylic acids is 1. The molecule has 0 spiro atoms. The van der Waals surface area contributed by atoms with Gasteiger partial charge in [-0.25, -0.2) is 4.79 Å². The van der Waals surface area contributed by atoms with Crippen molar-refractivity contribution >= 4 is 12.0 Å². The standard InChI is InChI=1S/C12H21N3O3/c1-9(11(16)17)13-12(18)15-7-6-14-5-3-2-4-10(14)8-15/h9-10H,2-8H2,1H3,(H,13,18)(H,16,17). The lowest BCUT2D eigenvalue weighted by atomic mass is 10.00. The average molecular weight is 255 g/mol. The Morgan fingerprint density at radius 1 is 1.28 bits per heavy atom. The van der Waals surface area contributed by atoms with Crippen LogP contribution in [0, 0.1) is 0 Å². The number of carboxylic acid groups (broad SMARTS) is 1. The summed E-state index contributed by atoms with van der Waals surface area (Å²) in [4.78, 5) is 26.8. The molecule has 0 bridgehead atoms. The van der Waals surface area contributed by atoms with Gasteiger partial charge in [-0.15, -0.1) is 0 Å². The second kappa shape index (κ2) is 5.56. The number of urea groups is 1. The Hall–Kier alpha value is -1.30. The Morgan fingerprint density at radius 3 is 2.78 bits per heavy atom. The fourth-order valence-corrected chi connectivity index (χ4v) is 2.68. The molecule has 0 aliphatic carbocycles. The SMILES string of the molecule is CC(NC(=O)N1CCN2CCCCC2C1)C(=O)O. The van der Waals surface area contributed by atoms with Crippen molar-refractivity contribution in [2.75, 3.05) is 26.2 Å². The molecule has 2 saturated heterocycles. The molecule has 18 heavy (non-hydrogen) atoms. The predicted octanol–water partition coefficient (Wildman–Crippen LogP) is 0.339. The number of carbonyl (C=O) groups is 2. The second-order valence-corrected chi connectivity index (χ2v) is 5.14. The topological polar surface area (TPSA) is 72.9 Å². The monoisotopic (exact) mass is 255 g/mol. The molecule has 2 fully saturated rings. The van der Waals surface area contributed by atoms with Gasteiger partial charge in [-0.1, -0.05) is 6.42 Å². The summed E-state index contributed by atoms with van der Waals surface area (Å²) in [6, 6.07) is -0.629. The summed E-state index contributed by atoms with van der Waals surface area (Å²) in [5, 5.41) is 11.3. The van der Waals surface area contributed by atoms with E-state index in [4.69, 9.17) is 5.11 Å². The lowest BCUT2D eigenvalue weighted by Gasteiger charge is -2.44. The van der Waals surface area contributed by atoms with Crippen LogP contribution in [-0.2, 0) is 4.79 Å². The van der Waals surface area contributed by atoms with Crippen LogP contribution in [0.4, 0.5) is 4.79 Å². The molecule has 0 aromatic carbocycles. The predicted molar refractivity (Wildman–Crippen MR) is 66.4 cm³/mol. The third-order valence-electron chi connectivity index (χ3n) is 3.83. The Balaban J connectivity index is 1.86. The van der Waals surface area contributed by atoms with Gasteiger partial charge in [0, 0.05) is 25.7 Å². The quantitative estimate of drug-likeness (QED) is 0.746. The number of fused-ring (bicyclic) bond motifs is 1. The lowest BCUT2D eigenvalue weighted by Crippen LogP contribution is -2.59. The van der Waals surface area contributed by atoms with Crippen LogP contribution in [-0.4, -0.2) is 65.2 Å². The molecule has 2 atom stereocenters. The van der Waals surface area contributed by atoms with Crippen LogP contribution in [0.2, 0.25) is 0 Å². The minimum absolute atomic E-state index is 0.255. The van der Waals surface area contributed by atoms with Crippen molar-refractivity contribution in [3.05, 3.63) is 0 Å². The molecule has 2 N–H and O–H groups in total. The van der Waals surface area contributed by atoms with Gasteiger partial charge in [0.2, 0.25) is 0 Å². The largest absolute Gasteiger partial charge is 0.480 e. The number of piperidine rings is 1. The first-order chi connectivity index (χ1) is 8.58. The number of aliphatic carboxylic acids is 1. The highest BCUT2D eigenvalue weighted by atomic mass is 16.4. The van der Waals surface area contributed by atoms with Crippen LogP contribution in [0.15, 0.2) is 0 Å². The third-order valence-corrected chi connectivity index (χ3v) is 3.83. The van der Waals surface area contributed by atoms with E-state index in [1.165, 1.54) is 19.8 Å². The van der Waals surface area contributed by atoms with Crippen molar-refractivity contribution in [3.8, 4) is 0 Å². The molecule has 2 heterocycles. The summed E-state index contributed by atoms with van der Waals surface area (Å²) < 4.78 is 0. The number of carboxylic acids is 1. The van der Waals surface area contributed by atoms with E-state index in [0.29, 0.717) is 12.6 Å². The van der Waals surface area contributed by atoms with Crippen molar-refractivity contribution in [1.82, 2.24) is 15.1 Å². The lowest BCUT2D eigenvalue weighted by molar-refractivity contribution is -0.138. The first kappa shape index (κ1) is 13.1. The summed E-state index contributed by atoms with van der Waals surface area (Å²) >= 11 is 0. The van der Waals surface area contributed by atoms with Crippen LogP contribution in [0.3, 0.4) is 0 Å². The maximum atomic E-state index is 11.9. The summed E-state index contributed by atoms with van der Waals surface area (Å²) in [5.41, 5.74) is 0. The van der Waals surface area contributed by atoms with Gasteiger partial charge < -0.3 is 15.3 Å². The van der Waals surface area contributed by atoms with Gasteiger partial charge in [-0.05, 0) is 26.3 Å². The zero-order chi connectivity index (χ0) is 13.1. The number of nitrogens with zero attached hydrogens (tertiary/aromatic N) is 2. The van der Waals surface area contributed by atoms with Crippen LogP contribution in [0.1, 0.15) is 26.2 Å². The Morgan fingerprint density at radius 2 is 2.06 bits per heavy atom. The molecule has 102 valence electrons. The van der Waals surface area contributed by atoms with Crippen LogP contribution >= 0.6 is 0 Å². The molecule has 2 amide bonds. The van der Waals surface area contributed by atoms with Gasteiger partial charge in [0.15, 0.2) is 0 Å². The molecule has 2 aliphatic rings. The maximum Gasteiger partial charge on any atom is 0.325 e. The van der Waals surface area contributed by atoms with Gasteiger partial charge in [0.05, 0.1) is 0 Å². The highest BCUT2D eigenvalue weighted by Gasteiger charge is 2.31. The normalized spacial score (nSPS) is 26.3. The maximum absolute atomic E-state index is 11.9. The van der Waals surface area contributed by atoms with Crippen LogP contribution in [0.5, 0.6) is 0 Å². The summed E-state index contributed by atoms with van der Waals surface area (Å²) in [7, 11) is 0. The molecule has 0 saturated carbocycles. The highest BCUT2D eigenvalue weighted by Crippen LogP contribution is 2.20. The fourth-order valence-electron chi connectivity index (χ4n) is 2.68. The molecule has 2 aliphatic heterocycles.